The van der Waals surface area contributed by atoms with Crippen LogP contribution in [-0.2, 0) is 6.42 Å². The number of rotatable bonds is 3. The van der Waals surface area contributed by atoms with E-state index < -0.39 is 0 Å². The first-order valence-electron chi connectivity index (χ1n) is 8.82. The molecule has 0 spiro atoms. The first-order chi connectivity index (χ1) is 13.3. The molecular formula is C21H17N3OS2. The van der Waals surface area contributed by atoms with Gasteiger partial charge in [0.1, 0.15) is 0 Å². The van der Waals surface area contributed by atoms with Crippen LogP contribution in [0.5, 0.6) is 0 Å². The minimum atomic E-state index is 0.0123. The van der Waals surface area contributed by atoms with Gasteiger partial charge in [-0.25, -0.2) is 4.68 Å². The Labute approximate surface area is 165 Å². The van der Waals surface area contributed by atoms with Gasteiger partial charge in [-0.15, -0.1) is 22.7 Å². The van der Waals surface area contributed by atoms with Gasteiger partial charge in [0, 0.05) is 34.3 Å². The van der Waals surface area contributed by atoms with Crippen LogP contribution in [0, 0.1) is 0 Å². The summed E-state index contributed by atoms with van der Waals surface area (Å²) in [7, 11) is 0. The molecule has 134 valence electrons. The van der Waals surface area contributed by atoms with Gasteiger partial charge in [0.2, 0.25) is 0 Å². The number of fused-ring (bicyclic) bond motifs is 1. The van der Waals surface area contributed by atoms with Gasteiger partial charge >= 0.3 is 0 Å². The molecule has 0 N–H and O–H groups in total. The summed E-state index contributed by atoms with van der Waals surface area (Å²) >= 11 is 3.51. The van der Waals surface area contributed by atoms with E-state index in [1.54, 1.807) is 33.6 Å². The zero-order valence-corrected chi connectivity index (χ0v) is 16.1. The summed E-state index contributed by atoms with van der Waals surface area (Å²) < 4.78 is 1.79. The average Bonchev–Trinajstić information content (AvgIpc) is 3.49. The molecule has 1 atom stereocenters. The molecular weight excluding hydrogens is 374 g/mol. The van der Waals surface area contributed by atoms with Crippen molar-refractivity contribution in [2.45, 2.75) is 12.5 Å². The standard InChI is InChI=1S/C21H17N3OS2/c25-21(15-4-6-16(7-5-15)24-11-2-10-22-24)23-12-8-18-17(9-14-27-18)20(23)19-3-1-13-26-19/h1-7,9-11,13-14,20H,8,12H2/t20-/m1/s1. The third-order valence-electron chi connectivity index (χ3n) is 4.92. The lowest BCUT2D eigenvalue weighted by Crippen LogP contribution is -2.39. The van der Waals surface area contributed by atoms with Crippen LogP contribution in [0.4, 0.5) is 0 Å². The van der Waals surface area contributed by atoms with Crippen molar-refractivity contribution < 1.29 is 4.79 Å². The topological polar surface area (TPSA) is 38.1 Å². The van der Waals surface area contributed by atoms with Crippen LogP contribution in [0.2, 0.25) is 0 Å². The molecule has 3 aromatic heterocycles. The van der Waals surface area contributed by atoms with E-state index in [0.717, 1.165) is 18.7 Å². The van der Waals surface area contributed by atoms with Gasteiger partial charge in [-0.3, -0.25) is 4.79 Å². The van der Waals surface area contributed by atoms with E-state index in [-0.39, 0.29) is 11.9 Å². The summed E-state index contributed by atoms with van der Waals surface area (Å²) in [4.78, 5) is 18.0. The minimum Gasteiger partial charge on any atom is -0.326 e. The van der Waals surface area contributed by atoms with Crippen molar-refractivity contribution in [1.82, 2.24) is 14.7 Å². The highest BCUT2D eigenvalue weighted by Crippen LogP contribution is 2.40. The largest absolute Gasteiger partial charge is 0.326 e. The van der Waals surface area contributed by atoms with Gasteiger partial charge in [0.25, 0.3) is 5.91 Å². The Morgan fingerprint density at radius 3 is 2.67 bits per heavy atom. The van der Waals surface area contributed by atoms with Crippen molar-refractivity contribution in [2.24, 2.45) is 0 Å². The van der Waals surface area contributed by atoms with Crippen molar-refractivity contribution in [3.63, 3.8) is 0 Å². The molecule has 4 aromatic rings. The highest BCUT2D eigenvalue weighted by Gasteiger charge is 2.33. The lowest BCUT2D eigenvalue weighted by atomic mass is 9.97. The number of hydrogen-bond donors (Lipinski definition) is 0. The Bertz CT molecular complexity index is 1050. The van der Waals surface area contributed by atoms with Crippen LogP contribution >= 0.6 is 22.7 Å². The van der Waals surface area contributed by atoms with Gasteiger partial charge in [0.15, 0.2) is 0 Å². The van der Waals surface area contributed by atoms with Gasteiger partial charge in [-0.05, 0) is 65.2 Å². The van der Waals surface area contributed by atoms with E-state index in [2.05, 4.69) is 34.1 Å². The number of carbonyl (C=O) groups is 1. The fourth-order valence-electron chi connectivity index (χ4n) is 3.63. The van der Waals surface area contributed by atoms with E-state index in [9.17, 15) is 4.79 Å². The van der Waals surface area contributed by atoms with Crippen molar-refractivity contribution in [1.29, 1.82) is 0 Å². The van der Waals surface area contributed by atoms with Crippen molar-refractivity contribution >= 4 is 28.6 Å². The molecule has 1 aromatic carbocycles. The first-order valence-corrected chi connectivity index (χ1v) is 10.6. The predicted octanol–water partition coefficient (Wildman–Crippen LogP) is 4.78. The summed E-state index contributed by atoms with van der Waals surface area (Å²) in [5, 5.41) is 8.46. The summed E-state index contributed by atoms with van der Waals surface area (Å²) in [5.41, 5.74) is 2.94. The Kier molecular flexibility index (Phi) is 4.14. The number of thiophene rings is 2. The van der Waals surface area contributed by atoms with Crippen LogP contribution in [0.3, 0.4) is 0 Å². The Morgan fingerprint density at radius 1 is 1.04 bits per heavy atom. The Hall–Kier alpha value is -2.70. The summed E-state index contributed by atoms with van der Waals surface area (Å²) in [5.74, 6) is 0.0808. The maximum absolute atomic E-state index is 13.3. The predicted molar refractivity (Wildman–Crippen MR) is 109 cm³/mol. The van der Waals surface area contributed by atoms with Crippen LogP contribution in [0.1, 0.15) is 31.7 Å². The molecule has 4 nitrogen and oxygen atoms in total. The molecule has 5 rings (SSSR count). The molecule has 0 unspecified atom stereocenters. The number of nitrogens with zero attached hydrogens (tertiary/aromatic N) is 3. The number of hydrogen-bond acceptors (Lipinski definition) is 4. The smallest absolute Gasteiger partial charge is 0.254 e. The Morgan fingerprint density at radius 2 is 1.93 bits per heavy atom. The maximum Gasteiger partial charge on any atom is 0.254 e. The van der Waals surface area contributed by atoms with Crippen LogP contribution in [-0.4, -0.2) is 27.1 Å². The van der Waals surface area contributed by atoms with Crippen LogP contribution < -0.4 is 0 Å². The quantitative estimate of drug-likeness (QED) is 0.504. The third kappa shape index (κ3) is 2.91. The zero-order chi connectivity index (χ0) is 18.2. The molecule has 1 aliphatic rings. The molecule has 0 saturated carbocycles. The van der Waals surface area contributed by atoms with E-state index in [0.29, 0.717) is 5.56 Å². The van der Waals surface area contributed by atoms with Crippen molar-refractivity contribution in [3.05, 3.63) is 92.6 Å². The second-order valence-corrected chi connectivity index (χ2v) is 8.44. The lowest BCUT2D eigenvalue weighted by Gasteiger charge is -2.35. The fraction of sp³-hybridized carbons (Fsp3) is 0.143. The van der Waals surface area contributed by atoms with Gasteiger partial charge < -0.3 is 4.90 Å². The molecule has 0 aliphatic carbocycles. The number of benzene rings is 1. The molecule has 0 fully saturated rings. The minimum absolute atomic E-state index is 0.0123. The number of amides is 1. The van der Waals surface area contributed by atoms with Crippen molar-refractivity contribution in [2.75, 3.05) is 6.54 Å². The maximum atomic E-state index is 13.3. The Balaban J connectivity index is 1.48. The number of carbonyl (C=O) groups excluding carboxylic acids is 1. The molecule has 4 heterocycles. The second kappa shape index (κ2) is 6.79. The molecule has 0 radical (unpaired) electrons. The second-order valence-electron chi connectivity index (χ2n) is 6.46. The van der Waals surface area contributed by atoms with E-state index >= 15 is 0 Å². The lowest BCUT2D eigenvalue weighted by molar-refractivity contribution is 0.0699. The first kappa shape index (κ1) is 16.5. The SMILES string of the molecule is O=C(c1ccc(-n2cccn2)cc1)N1CCc2sccc2[C@@H]1c1cccs1. The van der Waals surface area contributed by atoms with E-state index in [4.69, 9.17) is 0 Å². The molecule has 27 heavy (non-hydrogen) atoms. The monoisotopic (exact) mass is 391 g/mol. The van der Waals surface area contributed by atoms with Crippen molar-refractivity contribution in [3.8, 4) is 5.69 Å². The van der Waals surface area contributed by atoms with Crippen LogP contribution in [0.15, 0.2) is 71.7 Å². The van der Waals surface area contributed by atoms with E-state index in [1.807, 2.05) is 41.4 Å². The summed E-state index contributed by atoms with van der Waals surface area (Å²) in [6, 6.07) is 15.9. The molecule has 6 heteroatoms. The van der Waals surface area contributed by atoms with Gasteiger partial charge in [-0.1, -0.05) is 6.07 Å². The molecule has 0 bridgehead atoms. The highest BCUT2D eigenvalue weighted by molar-refractivity contribution is 7.10. The number of aromatic nitrogens is 2. The normalized spacial score (nSPS) is 16.3. The zero-order valence-electron chi connectivity index (χ0n) is 14.5. The third-order valence-corrected chi connectivity index (χ3v) is 6.84. The molecule has 1 amide bonds. The van der Waals surface area contributed by atoms with Gasteiger partial charge in [-0.2, -0.15) is 5.10 Å². The fourth-order valence-corrected chi connectivity index (χ4v) is 5.39. The molecule has 1 aliphatic heterocycles. The summed E-state index contributed by atoms with van der Waals surface area (Å²) in [6.45, 7) is 0.746. The summed E-state index contributed by atoms with van der Waals surface area (Å²) in [6.07, 6.45) is 4.56. The molecule has 0 saturated heterocycles. The van der Waals surface area contributed by atoms with Gasteiger partial charge in [0.05, 0.1) is 11.7 Å². The van der Waals surface area contributed by atoms with E-state index in [1.165, 1.54) is 15.3 Å². The highest BCUT2D eigenvalue weighted by atomic mass is 32.1. The van der Waals surface area contributed by atoms with Crippen LogP contribution in [0.25, 0.3) is 5.69 Å². The average molecular weight is 392 g/mol.